The van der Waals surface area contributed by atoms with Crippen molar-refractivity contribution in [3.63, 3.8) is 0 Å². The van der Waals surface area contributed by atoms with Crippen molar-refractivity contribution in [3.8, 4) is 0 Å². The van der Waals surface area contributed by atoms with Crippen LogP contribution < -0.4 is 4.90 Å². The van der Waals surface area contributed by atoms with Gasteiger partial charge in [-0.15, -0.1) is 0 Å². The molecule has 0 aromatic heterocycles. The first kappa shape index (κ1) is 16.1. The van der Waals surface area contributed by atoms with Crippen LogP contribution in [0.4, 0.5) is 17.1 Å². The minimum absolute atomic E-state index is 0.955. The Morgan fingerprint density at radius 1 is 1.00 bits per heavy atom. The second-order valence-electron chi connectivity index (χ2n) is 5.64. The molecule has 0 heterocycles. The smallest absolute Gasteiger partial charge is 0.0909 e. The van der Waals surface area contributed by atoms with Crippen LogP contribution in [0.2, 0.25) is 0 Å². The Kier molecular flexibility index (Phi) is 5.21. The molecule has 2 aromatic carbocycles. The van der Waals surface area contributed by atoms with Crippen molar-refractivity contribution < 1.29 is 0 Å². The SMILES string of the molecule is CCN(C)C=Nc1cc(C)c(N(C)c2ccccc2)cc1C. The zero-order valence-electron chi connectivity index (χ0n) is 14.2. The summed E-state index contributed by atoms with van der Waals surface area (Å²) in [6.45, 7) is 7.32. The number of anilines is 2. The maximum atomic E-state index is 4.59. The van der Waals surface area contributed by atoms with E-state index in [0.717, 1.165) is 12.2 Å². The lowest BCUT2D eigenvalue weighted by molar-refractivity contribution is 0.552. The second-order valence-corrected chi connectivity index (χ2v) is 5.64. The quantitative estimate of drug-likeness (QED) is 0.589. The normalized spacial score (nSPS) is 11.0. The summed E-state index contributed by atoms with van der Waals surface area (Å²) in [5, 5.41) is 0. The van der Waals surface area contributed by atoms with Gasteiger partial charge >= 0.3 is 0 Å². The molecule has 0 bridgehead atoms. The van der Waals surface area contributed by atoms with E-state index in [-0.39, 0.29) is 0 Å². The summed E-state index contributed by atoms with van der Waals surface area (Å²) in [6, 6.07) is 14.8. The molecule has 0 saturated carbocycles. The van der Waals surface area contributed by atoms with Crippen LogP contribution in [0.1, 0.15) is 18.1 Å². The summed E-state index contributed by atoms with van der Waals surface area (Å²) >= 11 is 0. The summed E-state index contributed by atoms with van der Waals surface area (Å²) in [5.41, 5.74) is 5.84. The maximum Gasteiger partial charge on any atom is 0.0909 e. The zero-order chi connectivity index (χ0) is 16.1. The third-order valence-corrected chi connectivity index (χ3v) is 3.91. The van der Waals surface area contributed by atoms with E-state index < -0.39 is 0 Å². The molecule has 0 unspecified atom stereocenters. The number of para-hydroxylation sites is 1. The van der Waals surface area contributed by atoms with Gasteiger partial charge in [0.15, 0.2) is 0 Å². The molecular formula is C19H25N3. The summed E-state index contributed by atoms with van der Waals surface area (Å²) in [7, 11) is 4.13. The summed E-state index contributed by atoms with van der Waals surface area (Å²) in [4.78, 5) is 8.88. The Bertz CT molecular complexity index is 647. The number of nitrogens with zero attached hydrogens (tertiary/aromatic N) is 3. The number of hydrogen-bond acceptors (Lipinski definition) is 2. The van der Waals surface area contributed by atoms with E-state index in [1.54, 1.807) is 0 Å². The molecule has 2 aromatic rings. The molecule has 0 fully saturated rings. The summed E-state index contributed by atoms with van der Waals surface area (Å²) < 4.78 is 0. The molecule has 22 heavy (non-hydrogen) atoms. The first-order chi connectivity index (χ1) is 10.5. The minimum atomic E-state index is 0.955. The van der Waals surface area contributed by atoms with Gasteiger partial charge in [-0.2, -0.15) is 0 Å². The van der Waals surface area contributed by atoms with Crippen molar-refractivity contribution in [2.24, 2.45) is 4.99 Å². The third kappa shape index (κ3) is 3.67. The molecule has 2 rings (SSSR count). The molecule has 0 N–H and O–H groups in total. The molecule has 0 atom stereocenters. The van der Waals surface area contributed by atoms with Gasteiger partial charge in [0.1, 0.15) is 0 Å². The van der Waals surface area contributed by atoms with Gasteiger partial charge in [0.2, 0.25) is 0 Å². The maximum absolute atomic E-state index is 4.59. The van der Waals surface area contributed by atoms with Gasteiger partial charge in [-0.25, -0.2) is 4.99 Å². The fraction of sp³-hybridized carbons (Fsp3) is 0.316. The monoisotopic (exact) mass is 295 g/mol. The van der Waals surface area contributed by atoms with E-state index in [2.05, 4.69) is 79.0 Å². The summed E-state index contributed by atoms with van der Waals surface area (Å²) in [5.74, 6) is 0. The van der Waals surface area contributed by atoms with E-state index in [1.807, 2.05) is 19.5 Å². The highest BCUT2D eigenvalue weighted by Crippen LogP contribution is 2.32. The van der Waals surface area contributed by atoms with Crippen LogP contribution in [0.3, 0.4) is 0 Å². The number of rotatable bonds is 5. The van der Waals surface area contributed by atoms with Crippen LogP contribution >= 0.6 is 0 Å². The van der Waals surface area contributed by atoms with Gasteiger partial charge in [-0.05, 0) is 56.2 Å². The highest BCUT2D eigenvalue weighted by molar-refractivity contribution is 5.71. The topological polar surface area (TPSA) is 18.8 Å². The fourth-order valence-corrected chi connectivity index (χ4v) is 2.32. The van der Waals surface area contributed by atoms with Crippen molar-refractivity contribution >= 4 is 23.4 Å². The van der Waals surface area contributed by atoms with Gasteiger partial charge in [-0.1, -0.05) is 18.2 Å². The molecular weight excluding hydrogens is 270 g/mol. The van der Waals surface area contributed by atoms with E-state index in [4.69, 9.17) is 0 Å². The highest BCUT2D eigenvalue weighted by Gasteiger charge is 2.09. The van der Waals surface area contributed by atoms with Crippen molar-refractivity contribution in [3.05, 3.63) is 53.6 Å². The number of hydrogen-bond donors (Lipinski definition) is 0. The van der Waals surface area contributed by atoms with Crippen molar-refractivity contribution in [1.82, 2.24) is 4.90 Å². The first-order valence-corrected chi connectivity index (χ1v) is 7.67. The van der Waals surface area contributed by atoms with Crippen molar-refractivity contribution in [1.29, 1.82) is 0 Å². The van der Waals surface area contributed by atoms with E-state index in [1.165, 1.54) is 22.5 Å². The average molecular weight is 295 g/mol. The molecule has 0 aliphatic heterocycles. The molecule has 116 valence electrons. The molecule has 3 nitrogen and oxygen atoms in total. The predicted molar refractivity (Wildman–Crippen MR) is 96.9 cm³/mol. The Morgan fingerprint density at radius 3 is 2.32 bits per heavy atom. The van der Waals surface area contributed by atoms with E-state index in [0.29, 0.717) is 0 Å². The molecule has 0 saturated heterocycles. The molecule has 0 spiro atoms. The van der Waals surface area contributed by atoms with Gasteiger partial charge in [0, 0.05) is 32.0 Å². The Balaban J connectivity index is 2.32. The number of aryl methyl sites for hydroxylation is 2. The third-order valence-electron chi connectivity index (χ3n) is 3.91. The molecule has 0 radical (unpaired) electrons. The van der Waals surface area contributed by atoms with E-state index in [9.17, 15) is 0 Å². The Morgan fingerprint density at radius 2 is 1.68 bits per heavy atom. The van der Waals surface area contributed by atoms with Crippen LogP contribution in [-0.2, 0) is 0 Å². The molecule has 0 aliphatic carbocycles. The van der Waals surface area contributed by atoms with Crippen molar-refractivity contribution in [2.45, 2.75) is 20.8 Å². The molecule has 0 aliphatic rings. The van der Waals surface area contributed by atoms with Gasteiger partial charge in [-0.3, -0.25) is 0 Å². The Labute approximate surface area is 133 Å². The summed E-state index contributed by atoms with van der Waals surface area (Å²) in [6.07, 6.45) is 1.89. The van der Waals surface area contributed by atoms with Gasteiger partial charge < -0.3 is 9.80 Å². The lowest BCUT2D eigenvalue weighted by Crippen LogP contribution is -2.14. The second kappa shape index (κ2) is 7.12. The van der Waals surface area contributed by atoms with Crippen LogP contribution in [-0.4, -0.2) is 31.9 Å². The molecule has 3 heteroatoms. The highest BCUT2D eigenvalue weighted by atomic mass is 15.1. The van der Waals surface area contributed by atoms with E-state index >= 15 is 0 Å². The van der Waals surface area contributed by atoms with Crippen molar-refractivity contribution in [2.75, 3.05) is 25.5 Å². The predicted octanol–water partition coefficient (Wildman–Crippen LogP) is 4.68. The van der Waals surface area contributed by atoms with Crippen LogP contribution in [0.25, 0.3) is 0 Å². The number of benzene rings is 2. The van der Waals surface area contributed by atoms with Crippen LogP contribution in [0.15, 0.2) is 47.5 Å². The first-order valence-electron chi connectivity index (χ1n) is 7.67. The fourth-order valence-electron chi connectivity index (χ4n) is 2.32. The number of aliphatic imine (C=N–C) groups is 1. The zero-order valence-corrected chi connectivity index (χ0v) is 14.2. The molecule has 0 amide bonds. The van der Waals surface area contributed by atoms with Gasteiger partial charge in [0.05, 0.1) is 12.0 Å². The largest absolute Gasteiger partial charge is 0.366 e. The Hall–Kier alpha value is -2.29. The lowest BCUT2D eigenvalue weighted by Gasteiger charge is -2.22. The average Bonchev–Trinajstić information content (AvgIpc) is 2.55. The van der Waals surface area contributed by atoms with Crippen LogP contribution in [0.5, 0.6) is 0 Å². The lowest BCUT2D eigenvalue weighted by atomic mass is 10.1. The van der Waals surface area contributed by atoms with Gasteiger partial charge in [0.25, 0.3) is 0 Å². The van der Waals surface area contributed by atoms with Crippen LogP contribution in [0, 0.1) is 13.8 Å². The minimum Gasteiger partial charge on any atom is -0.366 e. The standard InChI is InChI=1S/C19H25N3/c1-6-21(4)14-20-18-12-16(3)19(13-15(18)2)22(5)17-10-8-7-9-11-17/h7-14H,6H2,1-5H3.